The molecule has 2 atom stereocenters. The summed E-state index contributed by atoms with van der Waals surface area (Å²) in [6.07, 6.45) is -24.3. The molecule has 228 valence electrons. The largest absolute Gasteiger partial charge is 0.573 e. The molecule has 0 aliphatic carbocycles. The Morgan fingerprint density at radius 1 is 0.762 bits per heavy atom. The summed E-state index contributed by atoms with van der Waals surface area (Å²) in [5.41, 5.74) is -5.54. The number of aliphatic hydroxyl groups is 1. The second kappa shape index (κ2) is 10.6. The Kier molecular flexibility index (Phi) is 7.89. The van der Waals surface area contributed by atoms with Crippen molar-refractivity contribution in [3.63, 3.8) is 0 Å². The number of benzene rings is 3. The maximum atomic E-state index is 13.6. The molecular formula is C27H19F12NO2. The first-order valence-electron chi connectivity index (χ1n) is 11.9. The Balaban J connectivity index is 1.94. The molecule has 0 aromatic heterocycles. The van der Waals surface area contributed by atoms with Crippen LogP contribution in [0.1, 0.15) is 27.8 Å². The fraction of sp³-hybridized carbons (Fsp3) is 0.333. The van der Waals surface area contributed by atoms with Gasteiger partial charge in [0.15, 0.2) is 6.10 Å². The van der Waals surface area contributed by atoms with Crippen molar-refractivity contribution in [2.75, 3.05) is 18.0 Å². The zero-order chi connectivity index (χ0) is 31.3. The van der Waals surface area contributed by atoms with Crippen molar-refractivity contribution >= 4 is 5.69 Å². The first-order chi connectivity index (χ1) is 19.2. The molecule has 0 fully saturated rings. The van der Waals surface area contributed by atoms with E-state index in [9.17, 15) is 57.8 Å². The van der Waals surface area contributed by atoms with Gasteiger partial charge in [-0.25, -0.2) is 0 Å². The summed E-state index contributed by atoms with van der Waals surface area (Å²) >= 11 is 0. The Bertz CT molecular complexity index is 1400. The summed E-state index contributed by atoms with van der Waals surface area (Å²) < 4.78 is 164. The van der Waals surface area contributed by atoms with Crippen LogP contribution in [0.4, 0.5) is 58.4 Å². The molecule has 0 saturated heterocycles. The van der Waals surface area contributed by atoms with Crippen molar-refractivity contribution in [1.82, 2.24) is 0 Å². The first-order valence-corrected chi connectivity index (χ1v) is 11.9. The zero-order valence-corrected chi connectivity index (χ0v) is 20.9. The van der Waals surface area contributed by atoms with Crippen molar-refractivity contribution < 1.29 is 62.5 Å². The lowest BCUT2D eigenvalue weighted by Crippen LogP contribution is -2.44. The second-order valence-electron chi connectivity index (χ2n) is 9.70. The third-order valence-corrected chi connectivity index (χ3v) is 6.77. The normalized spacial score (nSPS) is 18.6. The Morgan fingerprint density at radius 3 is 1.90 bits per heavy atom. The van der Waals surface area contributed by atoms with E-state index in [0.717, 1.165) is 23.1 Å². The molecule has 1 N–H and O–H groups in total. The first kappa shape index (κ1) is 31.3. The van der Waals surface area contributed by atoms with Gasteiger partial charge in [0.05, 0.1) is 17.7 Å². The molecule has 3 aromatic carbocycles. The number of nitrogens with zero attached hydrogens (tertiary/aromatic N) is 1. The van der Waals surface area contributed by atoms with E-state index in [-0.39, 0.29) is 22.9 Å². The number of ether oxygens (including phenoxy) is 1. The van der Waals surface area contributed by atoms with Crippen molar-refractivity contribution in [2.24, 2.45) is 0 Å². The quantitative estimate of drug-likeness (QED) is 0.286. The van der Waals surface area contributed by atoms with E-state index in [0.29, 0.717) is 12.1 Å². The third kappa shape index (κ3) is 6.71. The highest BCUT2D eigenvalue weighted by Crippen LogP contribution is 2.49. The van der Waals surface area contributed by atoms with Crippen molar-refractivity contribution in [1.29, 1.82) is 0 Å². The Hall–Kier alpha value is -3.62. The molecule has 0 amide bonds. The average molecular weight is 617 g/mol. The smallest absolute Gasteiger partial charge is 0.406 e. The van der Waals surface area contributed by atoms with Gasteiger partial charge in [0.1, 0.15) is 5.75 Å². The Morgan fingerprint density at radius 2 is 1.36 bits per heavy atom. The molecule has 0 bridgehead atoms. The number of aliphatic hydroxyl groups excluding tert-OH is 1. The molecule has 1 heterocycles. The summed E-state index contributed by atoms with van der Waals surface area (Å²) in [6.45, 7) is -1.62. The highest BCUT2D eigenvalue weighted by Gasteiger charge is 2.48. The fourth-order valence-electron chi connectivity index (χ4n) is 5.09. The van der Waals surface area contributed by atoms with Crippen LogP contribution in [-0.2, 0) is 24.2 Å². The van der Waals surface area contributed by atoms with Gasteiger partial charge in [0.25, 0.3) is 0 Å². The van der Waals surface area contributed by atoms with Crippen LogP contribution in [0.5, 0.6) is 5.75 Å². The van der Waals surface area contributed by atoms with Gasteiger partial charge in [-0.3, -0.25) is 0 Å². The topological polar surface area (TPSA) is 32.7 Å². The number of para-hydroxylation sites is 1. The zero-order valence-electron chi connectivity index (χ0n) is 20.9. The lowest BCUT2D eigenvalue weighted by molar-refractivity contribution is -0.274. The minimum Gasteiger partial charge on any atom is -0.406 e. The summed E-state index contributed by atoms with van der Waals surface area (Å²) in [5, 5.41) is 9.76. The van der Waals surface area contributed by atoms with E-state index in [1.165, 1.54) is 30.3 Å². The monoisotopic (exact) mass is 617 g/mol. The molecule has 1 unspecified atom stereocenters. The number of anilines is 1. The van der Waals surface area contributed by atoms with E-state index in [2.05, 4.69) is 4.74 Å². The maximum absolute atomic E-state index is 13.6. The van der Waals surface area contributed by atoms with E-state index < -0.39 is 78.4 Å². The summed E-state index contributed by atoms with van der Waals surface area (Å²) in [5.74, 6) is -0.773. The van der Waals surface area contributed by atoms with E-state index >= 15 is 0 Å². The van der Waals surface area contributed by atoms with Crippen LogP contribution in [0.3, 0.4) is 0 Å². The van der Waals surface area contributed by atoms with Crippen LogP contribution < -0.4 is 9.64 Å². The molecular weight excluding hydrogens is 598 g/mol. The van der Waals surface area contributed by atoms with E-state index in [4.69, 9.17) is 0 Å². The lowest BCUT2D eigenvalue weighted by Gasteiger charge is -2.33. The number of fused-ring (bicyclic) bond motifs is 1. The van der Waals surface area contributed by atoms with Crippen LogP contribution in [0.25, 0.3) is 0 Å². The van der Waals surface area contributed by atoms with Gasteiger partial charge >= 0.3 is 24.9 Å². The molecule has 0 saturated carbocycles. The van der Waals surface area contributed by atoms with Crippen LogP contribution >= 0.6 is 0 Å². The molecule has 3 nitrogen and oxygen atoms in total. The lowest BCUT2D eigenvalue weighted by atomic mass is 9.71. The molecule has 1 aliphatic rings. The van der Waals surface area contributed by atoms with E-state index in [1.54, 1.807) is 0 Å². The number of rotatable bonds is 6. The minimum atomic E-state index is -5.21. The van der Waals surface area contributed by atoms with Crippen LogP contribution in [-0.4, -0.2) is 36.8 Å². The van der Waals surface area contributed by atoms with Gasteiger partial charge in [-0.05, 0) is 59.5 Å². The Labute approximate surface area is 229 Å². The van der Waals surface area contributed by atoms with Gasteiger partial charge in [-0.2, -0.15) is 39.5 Å². The summed E-state index contributed by atoms with van der Waals surface area (Å²) in [6, 6.07) is 10.4. The molecule has 0 radical (unpaired) electrons. The van der Waals surface area contributed by atoms with Crippen molar-refractivity contribution in [3.05, 3.63) is 94.5 Å². The minimum absolute atomic E-state index is 0.0472. The number of β-amino-alcohol motifs (C(OH)–C–C–N with tert-alkyl or cyclic N) is 1. The van der Waals surface area contributed by atoms with Crippen molar-refractivity contribution in [2.45, 2.75) is 42.8 Å². The van der Waals surface area contributed by atoms with E-state index in [1.807, 2.05) is 0 Å². The number of hydrogen-bond acceptors (Lipinski definition) is 3. The molecule has 15 heteroatoms. The molecule has 4 rings (SSSR count). The SMILES string of the molecule is O[C@H](CN1CC(Cc2cc(C(F)(F)F)cc(C(F)(F)F)c2)(c2cccc(OC(F)(F)F)c2)c2ccccc21)C(F)(F)F. The standard InChI is InChI=1S/C27H19F12NO2/c28-24(29,30)17-8-15(9-18(10-17)25(31,32)33)12-23(16-4-3-5-19(11-16)42-27(37,38)39)14-40(13-22(41)26(34,35)36)21-7-2-1-6-20(21)23/h1-11,22,41H,12-14H2/t22-,23?/m1/s1. The summed E-state index contributed by atoms with van der Waals surface area (Å²) in [7, 11) is 0. The van der Waals surface area contributed by atoms with Crippen molar-refractivity contribution in [3.8, 4) is 5.75 Å². The highest BCUT2D eigenvalue weighted by molar-refractivity contribution is 5.67. The predicted molar refractivity (Wildman–Crippen MR) is 125 cm³/mol. The highest BCUT2D eigenvalue weighted by atomic mass is 19.4. The maximum Gasteiger partial charge on any atom is 0.573 e. The average Bonchev–Trinajstić information content (AvgIpc) is 3.15. The van der Waals surface area contributed by atoms with Crippen LogP contribution in [0, 0.1) is 0 Å². The van der Waals surface area contributed by atoms with Crippen LogP contribution in [0.15, 0.2) is 66.7 Å². The second-order valence-corrected chi connectivity index (χ2v) is 9.70. The molecule has 0 spiro atoms. The molecule has 1 aliphatic heterocycles. The fourth-order valence-corrected chi connectivity index (χ4v) is 5.09. The van der Waals surface area contributed by atoms with Crippen LogP contribution in [0.2, 0.25) is 0 Å². The number of hydrogen-bond donors (Lipinski definition) is 1. The van der Waals surface area contributed by atoms with Gasteiger partial charge in [-0.15, -0.1) is 13.2 Å². The van der Waals surface area contributed by atoms with Gasteiger partial charge in [-0.1, -0.05) is 30.3 Å². The molecule has 42 heavy (non-hydrogen) atoms. The number of halogens is 12. The third-order valence-electron chi connectivity index (χ3n) is 6.77. The van der Waals surface area contributed by atoms with Gasteiger partial charge in [0, 0.05) is 17.6 Å². The van der Waals surface area contributed by atoms with Gasteiger partial charge in [0.2, 0.25) is 0 Å². The predicted octanol–water partition coefficient (Wildman–Crippen LogP) is 7.89. The van der Waals surface area contributed by atoms with Gasteiger partial charge < -0.3 is 14.7 Å². The molecule has 3 aromatic rings. The summed E-state index contributed by atoms with van der Waals surface area (Å²) in [4.78, 5) is 1.03. The number of alkyl halides is 12.